The third-order valence-electron chi connectivity index (χ3n) is 7.06. The van der Waals surface area contributed by atoms with Crippen LogP contribution in [0, 0.1) is 12.8 Å². The molecule has 0 spiro atoms. The number of benzene rings is 2. The highest BCUT2D eigenvalue weighted by Crippen LogP contribution is 2.41. The van der Waals surface area contributed by atoms with Crippen molar-refractivity contribution in [1.29, 1.82) is 0 Å². The monoisotopic (exact) mass is 494 g/mol. The van der Waals surface area contributed by atoms with Crippen molar-refractivity contribution in [3.05, 3.63) is 41.0 Å². The third-order valence-corrected chi connectivity index (χ3v) is 7.36. The van der Waals surface area contributed by atoms with Crippen LogP contribution in [0.15, 0.2) is 30.3 Å². The van der Waals surface area contributed by atoms with E-state index in [1.54, 1.807) is 25.3 Å². The van der Waals surface area contributed by atoms with Gasteiger partial charge in [0.15, 0.2) is 17.1 Å². The van der Waals surface area contributed by atoms with E-state index < -0.39 is 0 Å². The highest BCUT2D eigenvalue weighted by molar-refractivity contribution is 6.32. The Labute approximate surface area is 210 Å². The zero-order valence-corrected chi connectivity index (χ0v) is 21.3. The molecule has 2 N–H and O–H groups in total. The third kappa shape index (κ3) is 4.50. The number of fused-ring (bicyclic) bond motifs is 3. The van der Waals surface area contributed by atoms with E-state index in [2.05, 4.69) is 28.9 Å². The molecule has 7 nitrogen and oxygen atoms in total. The maximum atomic E-state index is 9.90. The van der Waals surface area contributed by atoms with Crippen molar-refractivity contribution in [1.82, 2.24) is 20.1 Å². The molecule has 1 fully saturated rings. The summed E-state index contributed by atoms with van der Waals surface area (Å²) in [5.74, 6) is 1.93. The van der Waals surface area contributed by atoms with Crippen LogP contribution in [0.25, 0.3) is 33.1 Å². The second-order valence-corrected chi connectivity index (χ2v) is 10.00. The summed E-state index contributed by atoms with van der Waals surface area (Å²) in [5, 5.41) is 20.4. The number of aryl methyl sites for hydroxylation is 1. The summed E-state index contributed by atoms with van der Waals surface area (Å²) in [5.41, 5.74) is 3.07. The number of hydrogen-bond acceptors (Lipinski definition) is 6. The van der Waals surface area contributed by atoms with Gasteiger partial charge in [-0.25, -0.2) is 4.98 Å². The van der Waals surface area contributed by atoms with Gasteiger partial charge in [0, 0.05) is 27.8 Å². The average Bonchev–Trinajstić information content (AvgIpc) is 3.24. The van der Waals surface area contributed by atoms with Gasteiger partial charge in [-0.05, 0) is 83.0 Å². The quantitative estimate of drug-likeness (QED) is 0.344. The van der Waals surface area contributed by atoms with Crippen molar-refractivity contribution in [2.45, 2.75) is 39.7 Å². The molecule has 184 valence electrons. The maximum absolute atomic E-state index is 9.90. The van der Waals surface area contributed by atoms with Crippen LogP contribution in [0.3, 0.4) is 0 Å². The normalized spacial score (nSPS) is 15.4. The Bertz CT molecular complexity index is 1380. The Morgan fingerprint density at radius 1 is 1.14 bits per heavy atom. The van der Waals surface area contributed by atoms with Gasteiger partial charge in [0.2, 0.25) is 0 Å². The van der Waals surface area contributed by atoms with E-state index in [0.29, 0.717) is 35.7 Å². The maximum Gasteiger partial charge on any atom is 0.161 e. The number of halogens is 1. The molecule has 1 aliphatic rings. The number of phenols is 1. The van der Waals surface area contributed by atoms with Gasteiger partial charge in [0.1, 0.15) is 5.75 Å². The molecular weight excluding hydrogens is 464 g/mol. The predicted octanol–water partition coefficient (Wildman–Crippen LogP) is 5.95. The number of aromatic amines is 1. The van der Waals surface area contributed by atoms with Gasteiger partial charge in [-0.15, -0.1) is 0 Å². The number of hydrogen-bond donors (Lipinski definition) is 2. The van der Waals surface area contributed by atoms with Crippen LogP contribution < -0.4 is 9.47 Å². The lowest BCUT2D eigenvalue weighted by molar-refractivity contribution is 0.118. The van der Waals surface area contributed by atoms with Crippen LogP contribution in [-0.4, -0.2) is 58.0 Å². The number of rotatable bonds is 6. The Morgan fingerprint density at radius 3 is 2.57 bits per heavy atom. The van der Waals surface area contributed by atoms with Gasteiger partial charge in [-0.2, -0.15) is 5.10 Å². The molecule has 2 aromatic heterocycles. The lowest BCUT2D eigenvalue weighted by Crippen LogP contribution is -2.39. The lowest BCUT2D eigenvalue weighted by atomic mass is 9.97. The number of methoxy groups -OCH3 is 1. The van der Waals surface area contributed by atoms with Crippen molar-refractivity contribution in [3.63, 3.8) is 0 Å². The number of likely N-dealkylation sites (tertiary alicyclic amines) is 1. The molecular formula is C27H31ClN4O3. The van der Waals surface area contributed by atoms with E-state index >= 15 is 0 Å². The zero-order valence-electron chi connectivity index (χ0n) is 20.6. The summed E-state index contributed by atoms with van der Waals surface area (Å²) >= 11 is 6.22. The minimum Gasteiger partial charge on any atom is -0.506 e. The first-order valence-corrected chi connectivity index (χ1v) is 12.5. The summed E-state index contributed by atoms with van der Waals surface area (Å²) in [6.07, 6.45) is 2.27. The predicted molar refractivity (Wildman–Crippen MR) is 140 cm³/mol. The van der Waals surface area contributed by atoms with Crippen LogP contribution in [0.5, 0.6) is 17.2 Å². The second-order valence-electron chi connectivity index (χ2n) is 9.59. The van der Waals surface area contributed by atoms with Gasteiger partial charge < -0.3 is 19.5 Å². The van der Waals surface area contributed by atoms with Gasteiger partial charge in [0.05, 0.1) is 30.1 Å². The van der Waals surface area contributed by atoms with Crippen molar-refractivity contribution < 1.29 is 14.6 Å². The highest BCUT2D eigenvalue weighted by atomic mass is 35.5. The van der Waals surface area contributed by atoms with E-state index in [9.17, 15) is 5.11 Å². The summed E-state index contributed by atoms with van der Waals surface area (Å²) in [6.45, 7) is 9.35. The fourth-order valence-corrected chi connectivity index (χ4v) is 5.13. The molecule has 1 aliphatic heterocycles. The number of aromatic nitrogens is 3. The topological polar surface area (TPSA) is 83.5 Å². The van der Waals surface area contributed by atoms with E-state index in [-0.39, 0.29) is 10.8 Å². The molecule has 0 atom stereocenters. The van der Waals surface area contributed by atoms with Crippen LogP contribution in [-0.2, 0) is 0 Å². The molecule has 5 rings (SSSR count). The number of piperidine rings is 1. The summed E-state index contributed by atoms with van der Waals surface area (Å²) in [6, 6.07) is 9.69. The smallest absolute Gasteiger partial charge is 0.161 e. The molecule has 0 aliphatic carbocycles. The van der Waals surface area contributed by atoms with Crippen molar-refractivity contribution in [2.24, 2.45) is 5.92 Å². The summed E-state index contributed by atoms with van der Waals surface area (Å²) in [7, 11) is 1.65. The fraction of sp³-hybridized carbons (Fsp3) is 0.407. The average molecular weight is 495 g/mol. The Balaban J connectivity index is 1.55. The largest absolute Gasteiger partial charge is 0.506 e. The first-order valence-electron chi connectivity index (χ1n) is 12.1. The molecule has 0 bridgehead atoms. The number of aromatic hydroxyl groups is 1. The molecule has 35 heavy (non-hydrogen) atoms. The van der Waals surface area contributed by atoms with Crippen LogP contribution in [0.2, 0.25) is 5.02 Å². The molecule has 0 radical (unpaired) electrons. The van der Waals surface area contributed by atoms with Gasteiger partial charge in [0.25, 0.3) is 0 Å². The number of phenolic OH excluding ortho intramolecular Hbond substituents is 1. The Morgan fingerprint density at radius 2 is 1.89 bits per heavy atom. The second kappa shape index (κ2) is 9.55. The van der Waals surface area contributed by atoms with E-state index in [0.717, 1.165) is 59.0 Å². The van der Waals surface area contributed by atoms with Crippen molar-refractivity contribution >= 4 is 33.4 Å². The minimum atomic E-state index is 0.0330. The van der Waals surface area contributed by atoms with Crippen molar-refractivity contribution in [3.8, 4) is 28.5 Å². The van der Waals surface area contributed by atoms with Gasteiger partial charge >= 0.3 is 0 Å². The number of pyridine rings is 1. The Hall–Kier alpha value is -3.03. The molecule has 3 heterocycles. The number of nitrogens with one attached hydrogen (secondary N) is 1. The highest BCUT2D eigenvalue weighted by Gasteiger charge is 2.23. The van der Waals surface area contributed by atoms with Crippen LogP contribution >= 0.6 is 11.6 Å². The Kier molecular flexibility index (Phi) is 6.47. The first-order chi connectivity index (χ1) is 16.9. The lowest BCUT2D eigenvalue weighted by Gasteiger charge is -2.34. The molecule has 0 amide bonds. The summed E-state index contributed by atoms with van der Waals surface area (Å²) < 4.78 is 12.1. The standard InChI is InChI=1S/C27H31ClN4O3/c1-15(2)32-9-7-17(8-10-32)14-35-24-12-19-20(13-23(24)34-4)26(18-5-6-22(33)21(28)11-18)29-27-25(19)16(3)30-31-27/h5-6,11-13,15,17,33H,7-10,14H2,1-4H3,(H,29,30,31). The van der Waals surface area contributed by atoms with Gasteiger partial charge in [-0.1, -0.05) is 11.6 Å². The molecule has 8 heteroatoms. The zero-order chi connectivity index (χ0) is 24.7. The van der Waals surface area contributed by atoms with Gasteiger partial charge in [-0.3, -0.25) is 5.10 Å². The molecule has 0 unspecified atom stereocenters. The van der Waals surface area contributed by atoms with Crippen LogP contribution in [0.1, 0.15) is 32.4 Å². The first kappa shape index (κ1) is 23.7. The molecule has 1 saturated heterocycles. The van der Waals surface area contributed by atoms with E-state index in [1.165, 1.54) is 0 Å². The summed E-state index contributed by atoms with van der Waals surface area (Å²) in [4.78, 5) is 7.38. The fourth-order valence-electron chi connectivity index (χ4n) is 4.95. The number of nitrogens with zero attached hydrogens (tertiary/aromatic N) is 3. The van der Waals surface area contributed by atoms with E-state index in [4.69, 9.17) is 26.1 Å². The number of H-pyrrole nitrogens is 1. The SMILES string of the molecule is COc1cc2c(-c3ccc(O)c(Cl)c3)nc3[nH]nc(C)c3c2cc1OCC1CCN(C(C)C)CC1. The molecule has 2 aromatic carbocycles. The molecule has 0 saturated carbocycles. The number of ether oxygens (including phenoxy) is 2. The molecule has 4 aromatic rings. The van der Waals surface area contributed by atoms with Crippen LogP contribution in [0.4, 0.5) is 0 Å². The van der Waals surface area contributed by atoms with E-state index in [1.807, 2.05) is 19.1 Å². The minimum absolute atomic E-state index is 0.0330. The van der Waals surface area contributed by atoms with Crippen molar-refractivity contribution in [2.75, 3.05) is 26.8 Å².